The first-order chi connectivity index (χ1) is 13.2. The van der Waals surface area contributed by atoms with Crippen LogP contribution in [0, 0.1) is 11.7 Å². The van der Waals surface area contributed by atoms with E-state index in [0.29, 0.717) is 12.3 Å². The standard InChI is InChI=1S/C23H25FN2O/c24-21-6-3-18(4-7-21)14-19-9-12-26(13-10-19)11-1-2-17-5-8-22-20(15-17)16-23(27)25-22/h1-8,15,19H,9-14,16H2,(H,25,27)/b2-1-. The van der Waals surface area contributed by atoms with Crippen LogP contribution in [0.4, 0.5) is 10.1 Å². The summed E-state index contributed by atoms with van der Waals surface area (Å²) >= 11 is 0. The van der Waals surface area contributed by atoms with Gasteiger partial charge in [-0.25, -0.2) is 4.39 Å². The third kappa shape index (κ3) is 4.64. The van der Waals surface area contributed by atoms with Crippen molar-refractivity contribution in [3.63, 3.8) is 0 Å². The van der Waals surface area contributed by atoms with Crippen LogP contribution < -0.4 is 5.32 Å². The number of carbonyl (C=O) groups excluding carboxylic acids is 1. The van der Waals surface area contributed by atoms with Crippen LogP contribution in [0.15, 0.2) is 48.5 Å². The van der Waals surface area contributed by atoms with E-state index < -0.39 is 0 Å². The highest BCUT2D eigenvalue weighted by molar-refractivity contribution is 5.99. The van der Waals surface area contributed by atoms with Crippen molar-refractivity contribution in [2.75, 3.05) is 25.0 Å². The zero-order chi connectivity index (χ0) is 18.6. The van der Waals surface area contributed by atoms with Crippen molar-refractivity contribution < 1.29 is 9.18 Å². The molecule has 2 aromatic rings. The van der Waals surface area contributed by atoms with E-state index in [-0.39, 0.29) is 11.7 Å². The Bertz CT molecular complexity index is 836. The molecule has 140 valence electrons. The smallest absolute Gasteiger partial charge is 0.228 e. The summed E-state index contributed by atoms with van der Waals surface area (Å²) in [5.74, 6) is 0.610. The molecule has 3 nitrogen and oxygen atoms in total. The normalized spacial score (nSPS) is 18.0. The largest absolute Gasteiger partial charge is 0.326 e. The number of carbonyl (C=O) groups is 1. The fourth-order valence-electron chi connectivity index (χ4n) is 4.02. The summed E-state index contributed by atoms with van der Waals surface area (Å²) in [5.41, 5.74) is 4.42. The molecule has 2 aliphatic heterocycles. The number of benzene rings is 2. The second-order valence-corrected chi connectivity index (χ2v) is 7.62. The third-order valence-electron chi connectivity index (χ3n) is 5.57. The number of hydrogen-bond donors (Lipinski definition) is 1. The van der Waals surface area contributed by atoms with Gasteiger partial charge in [-0.15, -0.1) is 0 Å². The Balaban J connectivity index is 1.24. The Hall–Kier alpha value is -2.46. The second kappa shape index (κ2) is 8.05. The second-order valence-electron chi connectivity index (χ2n) is 7.62. The maximum Gasteiger partial charge on any atom is 0.228 e. The topological polar surface area (TPSA) is 32.3 Å². The Morgan fingerprint density at radius 1 is 1.11 bits per heavy atom. The number of halogens is 1. The fraction of sp³-hybridized carbons (Fsp3) is 0.348. The van der Waals surface area contributed by atoms with Crippen LogP contribution in [-0.4, -0.2) is 30.4 Å². The first kappa shape index (κ1) is 17.9. The summed E-state index contributed by atoms with van der Waals surface area (Å²) in [6, 6.07) is 13.1. The molecule has 2 heterocycles. The number of nitrogens with zero attached hydrogens (tertiary/aromatic N) is 1. The SMILES string of the molecule is O=C1Cc2cc(/C=C\CN3CCC(Cc4ccc(F)cc4)CC3)ccc2N1. The van der Waals surface area contributed by atoms with Crippen LogP contribution >= 0.6 is 0 Å². The van der Waals surface area contributed by atoms with E-state index in [9.17, 15) is 9.18 Å². The molecule has 0 bridgehead atoms. The molecule has 27 heavy (non-hydrogen) atoms. The van der Waals surface area contributed by atoms with Crippen molar-refractivity contribution >= 4 is 17.7 Å². The quantitative estimate of drug-likeness (QED) is 0.858. The molecule has 0 unspecified atom stereocenters. The minimum Gasteiger partial charge on any atom is -0.326 e. The highest BCUT2D eigenvalue weighted by atomic mass is 19.1. The van der Waals surface area contributed by atoms with Crippen LogP contribution in [0.25, 0.3) is 6.08 Å². The number of hydrogen-bond acceptors (Lipinski definition) is 2. The number of anilines is 1. The van der Waals surface area contributed by atoms with Gasteiger partial charge in [-0.2, -0.15) is 0 Å². The molecule has 1 amide bonds. The van der Waals surface area contributed by atoms with Gasteiger partial charge >= 0.3 is 0 Å². The lowest BCUT2D eigenvalue weighted by atomic mass is 9.90. The van der Waals surface area contributed by atoms with Crippen LogP contribution in [0.3, 0.4) is 0 Å². The molecule has 0 saturated carbocycles. The minimum atomic E-state index is -0.161. The number of amides is 1. The zero-order valence-corrected chi connectivity index (χ0v) is 15.5. The Labute approximate surface area is 159 Å². The van der Waals surface area contributed by atoms with Crippen molar-refractivity contribution in [3.8, 4) is 0 Å². The predicted octanol–water partition coefficient (Wildman–Crippen LogP) is 4.29. The summed E-state index contributed by atoms with van der Waals surface area (Å²) in [6.07, 6.45) is 8.28. The van der Waals surface area contributed by atoms with Crippen LogP contribution in [0.2, 0.25) is 0 Å². The van der Waals surface area contributed by atoms with Crippen LogP contribution in [0.1, 0.15) is 29.5 Å². The molecular weight excluding hydrogens is 339 g/mol. The number of likely N-dealkylation sites (tertiary alicyclic amines) is 1. The molecule has 1 fully saturated rings. The average Bonchev–Trinajstić information content (AvgIpc) is 3.04. The third-order valence-corrected chi connectivity index (χ3v) is 5.57. The summed E-state index contributed by atoms with van der Waals surface area (Å²) in [7, 11) is 0. The molecule has 0 atom stereocenters. The predicted molar refractivity (Wildman–Crippen MR) is 107 cm³/mol. The number of fused-ring (bicyclic) bond motifs is 1. The van der Waals surface area contributed by atoms with Crippen molar-refractivity contribution in [1.29, 1.82) is 0 Å². The number of piperidine rings is 1. The molecule has 0 spiro atoms. The lowest BCUT2D eigenvalue weighted by Crippen LogP contribution is -2.34. The maximum atomic E-state index is 13.0. The summed E-state index contributed by atoms with van der Waals surface area (Å²) < 4.78 is 13.0. The molecule has 2 aromatic carbocycles. The molecule has 2 aliphatic rings. The number of rotatable bonds is 5. The van der Waals surface area contributed by atoms with Gasteiger partial charge < -0.3 is 5.32 Å². The van der Waals surface area contributed by atoms with E-state index in [2.05, 4.69) is 34.5 Å². The first-order valence-electron chi connectivity index (χ1n) is 9.72. The summed E-state index contributed by atoms with van der Waals surface area (Å²) in [6.45, 7) is 3.18. The Morgan fingerprint density at radius 2 is 1.89 bits per heavy atom. The van der Waals surface area contributed by atoms with Crippen LogP contribution in [0.5, 0.6) is 0 Å². The molecule has 1 N–H and O–H groups in total. The molecule has 1 saturated heterocycles. The van der Waals surface area contributed by atoms with Gasteiger partial charge in [0.25, 0.3) is 0 Å². The van der Waals surface area contributed by atoms with Gasteiger partial charge in [0.05, 0.1) is 6.42 Å². The van der Waals surface area contributed by atoms with Gasteiger partial charge in [0.2, 0.25) is 5.91 Å². The Morgan fingerprint density at radius 3 is 2.67 bits per heavy atom. The van der Waals surface area contributed by atoms with Crippen molar-refractivity contribution in [2.24, 2.45) is 5.92 Å². The molecule has 0 radical (unpaired) electrons. The monoisotopic (exact) mass is 364 g/mol. The molecule has 4 heteroatoms. The van der Waals surface area contributed by atoms with Gasteiger partial charge in [0.1, 0.15) is 5.82 Å². The van der Waals surface area contributed by atoms with Crippen molar-refractivity contribution in [3.05, 3.63) is 71.0 Å². The molecule has 0 aromatic heterocycles. The number of nitrogens with one attached hydrogen (secondary N) is 1. The maximum absolute atomic E-state index is 13.0. The lowest BCUT2D eigenvalue weighted by molar-refractivity contribution is -0.115. The summed E-state index contributed by atoms with van der Waals surface area (Å²) in [5, 5.41) is 2.87. The van der Waals surface area contributed by atoms with Crippen molar-refractivity contribution in [2.45, 2.75) is 25.7 Å². The van der Waals surface area contributed by atoms with E-state index in [1.54, 1.807) is 12.1 Å². The van der Waals surface area contributed by atoms with E-state index in [1.807, 2.05) is 18.2 Å². The van der Waals surface area contributed by atoms with Crippen molar-refractivity contribution in [1.82, 2.24) is 4.90 Å². The van der Waals surface area contributed by atoms with Gasteiger partial charge in [0, 0.05) is 12.2 Å². The van der Waals surface area contributed by atoms with Gasteiger partial charge in [-0.3, -0.25) is 9.69 Å². The minimum absolute atomic E-state index is 0.0784. The van der Waals surface area contributed by atoms with E-state index in [1.165, 1.54) is 18.4 Å². The Kier molecular flexibility index (Phi) is 5.35. The highest BCUT2D eigenvalue weighted by Gasteiger charge is 2.19. The van der Waals surface area contributed by atoms with E-state index >= 15 is 0 Å². The van der Waals surface area contributed by atoms with Crippen LogP contribution in [-0.2, 0) is 17.6 Å². The van der Waals surface area contributed by atoms with Gasteiger partial charge in [-0.1, -0.05) is 30.4 Å². The first-order valence-corrected chi connectivity index (χ1v) is 9.72. The fourth-order valence-corrected chi connectivity index (χ4v) is 4.02. The van der Waals surface area contributed by atoms with Gasteiger partial charge in [0.15, 0.2) is 0 Å². The molecule has 4 rings (SSSR count). The summed E-state index contributed by atoms with van der Waals surface area (Å²) in [4.78, 5) is 13.9. The van der Waals surface area contributed by atoms with Gasteiger partial charge in [-0.05, 0) is 79.2 Å². The lowest BCUT2D eigenvalue weighted by Gasteiger charge is -2.31. The highest BCUT2D eigenvalue weighted by Crippen LogP contribution is 2.25. The molecular formula is C23H25FN2O. The average molecular weight is 364 g/mol. The van der Waals surface area contributed by atoms with E-state index in [0.717, 1.165) is 42.9 Å². The van der Waals surface area contributed by atoms with E-state index in [4.69, 9.17) is 0 Å². The zero-order valence-electron chi connectivity index (χ0n) is 15.5. The molecule has 0 aliphatic carbocycles.